The van der Waals surface area contributed by atoms with Crippen molar-refractivity contribution in [1.29, 1.82) is 0 Å². The van der Waals surface area contributed by atoms with Gasteiger partial charge in [0.1, 0.15) is 0 Å². The van der Waals surface area contributed by atoms with Gasteiger partial charge in [0.05, 0.1) is 0 Å². The Hall–Kier alpha value is -2.08. The van der Waals surface area contributed by atoms with E-state index in [2.05, 4.69) is 66.8 Å². The first kappa shape index (κ1) is 11.7. The number of benzene rings is 1. The van der Waals surface area contributed by atoms with Gasteiger partial charge in [-0.3, -0.25) is 0 Å². The second-order valence-electron chi connectivity index (χ2n) is 5.73. The van der Waals surface area contributed by atoms with Crippen LogP contribution in [0.1, 0.15) is 23.1 Å². The molecule has 0 saturated carbocycles. The number of rotatable bonds is 3. The molecule has 1 atom stereocenters. The maximum atomic E-state index is 2.32. The van der Waals surface area contributed by atoms with Crippen molar-refractivity contribution in [2.75, 3.05) is 0 Å². The molecule has 3 aliphatic carbocycles. The van der Waals surface area contributed by atoms with E-state index in [0.29, 0.717) is 5.92 Å². The second-order valence-corrected chi connectivity index (χ2v) is 5.73. The molecule has 0 fully saturated rings. The van der Waals surface area contributed by atoms with E-state index in [1.807, 2.05) is 0 Å². The van der Waals surface area contributed by atoms with E-state index in [4.69, 9.17) is 0 Å². The standard InChI is InChI=1S/C20H18/c1-2-9-19-16(5-1)11-13-18(19)14-12-17-7-3-6-15-8-4-10-20(15)17/h1-7,9-11,13,19H,8,12,14H2. The average molecular weight is 258 g/mol. The van der Waals surface area contributed by atoms with Crippen LogP contribution >= 0.6 is 0 Å². The van der Waals surface area contributed by atoms with Crippen LogP contribution in [0.3, 0.4) is 0 Å². The van der Waals surface area contributed by atoms with E-state index in [9.17, 15) is 0 Å². The van der Waals surface area contributed by atoms with Crippen molar-refractivity contribution in [3.63, 3.8) is 0 Å². The van der Waals surface area contributed by atoms with Gasteiger partial charge in [0, 0.05) is 5.92 Å². The Morgan fingerprint density at radius 1 is 1.00 bits per heavy atom. The Morgan fingerprint density at radius 3 is 3.00 bits per heavy atom. The fourth-order valence-electron chi connectivity index (χ4n) is 3.46. The molecule has 3 aliphatic rings. The van der Waals surface area contributed by atoms with Gasteiger partial charge in [0.25, 0.3) is 0 Å². The highest BCUT2D eigenvalue weighted by Gasteiger charge is 2.20. The number of hydrogen-bond donors (Lipinski definition) is 0. The Morgan fingerprint density at radius 2 is 2.00 bits per heavy atom. The monoisotopic (exact) mass is 258 g/mol. The van der Waals surface area contributed by atoms with Gasteiger partial charge in [-0.1, -0.05) is 72.4 Å². The average Bonchev–Trinajstić information content (AvgIpc) is 3.12. The third-order valence-corrected chi connectivity index (χ3v) is 4.54. The summed E-state index contributed by atoms with van der Waals surface area (Å²) in [6.45, 7) is 0. The highest BCUT2D eigenvalue weighted by Crippen LogP contribution is 2.34. The highest BCUT2D eigenvalue weighted by molar-refractivity contribution is 5.63. The van der Waals surface area contributed by atoms with Crippen molar-refractivity contribution in [3.8, 4) is 0 Å². The summed E-state index contributed by atoms with van der Waals surface area (Å²) in [6.07, 6.45) is 21.4. The second kappa shape index (κ2) is 4.79. The molecule has 0 heteroatoms. The van der Waals surface area contributed by atoms with Crippen LogP contribution in [0.5, 0.6) is 0 Å². The lowest BCUT2D eigenvalue weighted by atomic mass is 9.88. The van der Waals surface area contributed by atoms with Crippen molar-refractivity contribution in [2.45, 2.75) is 19.3 Å². The normalized spacial score (nSPS) is 21.7. The maximum Gasteiger partial charge on any atom is 0.0234 e. The third-order valence-electron chi connectivity index (χ3n) is 4.54. The first-order valence-electron chi connectivity index (χ1n) is 7.44. The van der Waals surface area contributed by atoms with Gasteiger partial charge in [0.2, 0.25) is 0 Å². The van der Waals surface area contributed by atoms with Crippen molar-refractivity contribution < 1.29 is 0 Å². The molecule has 0 amide bonds. The predicted octanol–water partition coefficient (Wildman–Crippen LogP) is 4.80. The molecule has 0 saturated heterocycles. The van der Waals surface area contributed by atoms with Crippen molar-refractivity contribution in [2.24, 2.45) is 5.92 Å². The van der Waals surface area contributed by atoms with E-state index in [-0.39, 0.29) is 0 Å². The largest absolute Gasteiger partial charge is 0.0795 e. The number of allylic oxidation sites excluding steroid dienone is 9. The van der Waals surface area contributed by atoms with Crippen LogP contribution in [0.4, 0.5) is 0 Å². The Kier molecular flexibility index (Phi) is 2.81. The number of fused-ring (bicyclic) bond motifs is 2. The number of aryl methyl sites for hydroxylation is 1. The smallest absolute Gasteiger partial charge is 0.0234 e. The maximum absolute atomic E-state index is 2.32. The molecule has 0 nitrogen and oxygen atoms in total. The van der Waals surface area contributed by atoms with Gasteiger partial charge in [-0.15, -0.1) is 0 Å². The zero-order valence-corrected chi connectivity index (χ0v) is 11.5. The lowest BCUT2D eigenvalue weighted by molar-refractivity contribution is 0.819. The van der Waals surface area contributed by atoms with Gasteiger partial charge < -0.3 is 0 Å². The Balaban J connectivity index is 1.50. The molecule has 0 heterocycles. The van der Waals surface area contributed by atoms with Crippen LogP contribution in [-0.2, 0) is 12.8 Å². The molecular formula is C20H18. The van der Waals surface area contributed by atoms with E-state index in [0.717, 1.165) is 19.3 Å². The summed E-state index contributed by atoms with van der Waals surface area (Å²) < 4.78 is 0. The first-order chi connectivity index (χ1) is 9.92. The summed E-state index contributed by atoms with van der Waals surface area (Å²) in [7, 11) is 0. The molecule has 1 aromatic rings. The molecule has 0 N–H and O–H groups in total. The topological polar surface area (TPSA) is 0 Å². The van der Waals surface area contributed by atoms with Crippen LogP contribution in [0.25, 0.3) is 6.08 Å². The van der Waals surface area contributed by atoms with Gasteiger partial charge in [0.15, 0.2) is 0 Å². The molecule has 0 radical (unpaired) electrons. The SMILES string of the molecule is C1=CC2=CC=C(CCc3cccc4c3C=CC4)C2C=C1. The number of hydrogen-bond acceptors (Lipinski definition) is 0. The van der Waals surface area contributed by atoms with Gasteiger partial charge in [-0.2, -0.15) is 0 Å². The van der Waals surface area contributed by atoms with E-state index in [1.54, 1.807) is 5.57 Å². The fraction of sp³-hybridized carbons (Fsp3) is 0.200. The van der Waals surface area contributed by atoms with Crippen molar-refractivity contribution >= 4 is 6.08 Å². The van der Waals surface area contributed by atoms with Crippen LogP contribution < -0.4 is 0 Å². The summed E-state index contributed by atoms with van der Waals surface area (Å²) in [5.41, 5.74) is 7.46. The molecule has 98 valence electrons. The zero-order valence-electron chi connectivity index (χ0n) is 11.5. The molecule has 1 unspecified atom stereocenters. The summed E-state index contributed by atoms with van der Waals surface area (Å²) in [5, 5.41) is 0. The summed E-state index contributed by atoms with van der Waals surface area (Å²) in [5.74, 6) is 0.535. The molecule has 1 aromatic carbocycles. The minimum absolute atomic E-state index is 0.535. The van der Waals surface area contributed by atoms with E-state index in [1.165, 1.54) is 22.3 Å². The highest BCUT2D eigenvalue weighted by atomic mass is 14.2. The van der Waals surface area contributed by atoms with Gasteiger partial charge in [-0.25, -0.2) is 0 Å². The molecule has 4 rings (SSSR count). The lowest BCUT2D eigenvalue weighted by Gasteiger charge is -2.16. The van der Waals surface area contributed by atoms with Gasteiger partial charge >= 0.3 is 0 Å². The minimum Gasteiger partial charge on any atom is -0.0795 e. The first-order valence-corrected chi connectivity index (χ1v) is 7.44. The minimum atomic E-state index is 0.535. The molecule has 20 heavy (non-hydrogen) atoms. The zero-order chi connectivity index (χ0) is 13.4. The summed E-state index contributed by atoms with van der Waals surface area (Å²) >= 11 is 0. The summed E-state index contributed by atoms with van der Waals surface area (Å²) in [4.78, 5) is 0. The Labute approximate surface area is 120 Å². The third kappa shape index (κ3) is 1.92. The quantitative estimate of drug-likeness (QED) is 0.730. The molecular weight excluding hydrogens is 240 g/mol. The Bertz CT molecular complexity index is 693. The molecule has 0 bridgehead atoms. The summed E-state index contributed by atoms with van der Waals surface area (Å²) in [6, 6.07) is 6.74. The van der Waals surface area contributed by atoms with Gasteiger partial charge in [-0.05, 0) is 41.5 Å². The molecule has 0 spiro atoms. The van der Waals surface area contributed by atoms with Crippen LogP contribution in [-0.4, -0.2) is 0 Å². The van der Waals surface area contributed by atoms with E-state index < -0.39 is 0 Å². The molecule has 0 aliphatic heterocycles. The van der Waals surface area contributed by atoms with Crippen LogP contribution in [0.15, 0.2) is 71.9 Å². The predicted molar refractivity (Wildman–Crippen MR) is 85.4 cm³/mol. The fourth-order valence-corrected chi connectivity index (χ4v) is 3.46. The molecule has 0 aromatic heterocycles. The van der Waals surface area contributed by atoms with Crippen LogP contribution in [0.2, 0.25) is 0 Å². The van der Waals surface area contributed by atoms with E-state index >= 15 is 0 Å². The van der Waals surface area contributed by atoms with Crippen LogP contribution in [0, 0.1) is 5.92 Å². The van der Waals surface area contributed by atoms with Crippen molar-refractivity contribution in [1.82, 2.24) is 0 Å². The lowest BCUT2D eigenvalue weighted by Crippen LogP contribution is -2.03. The van der Waals surface area contributed by atoms with Crippen molar-refractivity contribution in [3.05, 3.63) is 88.6 Å².